The van der Waals surface area contributed by atoms with Gasteiger partial charge in [-0.15, -0.1) is 11.8 Å². The van der Waals surface area contributed by atoms with E-state index < -0.39 is 12.0 Å². The Bertz CT molecular complexity index is 732. The number of thioether (sulfide) groups is 1. The minimum Gasteiger partial charge on any atom is -0.496 e. The highest BCUT2D eigenvalue weighted by atomic mass is 32.2. The molecule has 1 N–H and O–H groups in total. The number of aliphatic carboxylic acids is 1. The van der Waals surface area contributed by atoms with Crippen LogP contribution in [0.25, 0.3) is 0 Å². The second kappa shape index (κ2) is 7.93. The zero-order valence-electron chi connectivity index (χ0n) is 14.5. The molecule has 2 unspecified atom stereocenters. The number of rotatable bonds is 6. The standard InChI is InChI=1S/C20H23NO3S/c1-24-18-8-4-3-6-16(18)19(14-9-11-15(25-2)12-10-14)21-13-5-7-17(21)20(22)23/h3-4,6,8-12,17,19H,5,7,13H2,1-2H3,(H,22,23). The zero-order chi connectivity index (χ0) is 17.8. The van der Waals surface area contributed by atoms with Crippen LogP contribution in [0.4, 0.5) is 0 Å². The van der Waals surface area contributed by atoms with Gasteiger partial charge in [0.2, 0.25) is 0 Å². The van der Waals surface area contributed by atoms with Crippen LogP contribution in [0.5, 0.6) is 5.75 Å². The lowest BCUT2D eigenvalue weighted by atomic mass is 9.95. The van der Waals surface area contributed by atoms with Crippen molar-refractivity contribution in [2.24, 2.45) is 0 Å². The fourth-order valence-corrected chi connectivity index (χ4v) is 4.00. The summed E-state index contributed by atoms with van der Waals surface area (Å²) in [5.74, 6) is 0.0376. The highest BCUT2D eigenvalue weighted by Gasteiger charge is 2.37. The summed E-state index contributed by atoms with van der Waals surface area (Å²) in [5, 5.41) is 9.66. The summed E-state index contributed by atoms with van der Waals surface area (Å²) in [6, 6.07) is 15.7. The number of carboxylic acids is 1. The summed E-state index contributed by atoms with van der Waals surface area (Å²) in [6.07, 6.45) is 3.63. The Morgan fingerprint density at radius 3 is 2.60 bits per heavy atom. The molecule has 1 aliphatic rings. The minimum absolute atomic E-state index is 0.129. The fraction of sp³-hybridized carbons (Fsp3) is 0.350. The van der Waals surface area contributed by atoms with E-state index in [4.69, 9.17) is 4.74 Å². The van der Waals surface area contributed by atoms with Gasteiger partial charge in [0.05, 0.1) is 13.2 Å². The molecule has 5 heteroatoms. The van der Waals surface area contributed by atoms with Crippen molar-refractivity contribution in [1.82, 2.24) is 4.90 Å². The molecule has 1 saturated heterocycles. The number of methoxy groups -OCH3 is 1. The highest BCUT2D eigenvalue weighted by Crippen LogP contribution is 2.39. The number of benzene rings is 2. The zero-order valence-corrected chi connectivity index (χ0v) is 15.3. The van der Waals surface area contributed by atoms with E-state index in [0.29, 0.717) is 6.42 Å². The molecule has 0 spiro atoms. The molecule has 0 aromatic heterocycles. The largest absolute Gasteiger partial charge is 0.496 e. The van der Waals surface area contributed by atoms with Crippen molar-refractivity contribution >= 4 is 17.7 Å². The van der Waals surface area contributed by atoms with Crippen molar-refractivity contribution in [3.8, 4) is 5.75 Å². The van der Waals surface area contributed by atoms with Gasteiger partial charge >= 0.3 is 5.97 Å². The van der Waals surface area contributed by atoms with Crippen LogP contribution >= 0.6 is 11.8 Å². The van der Waals surface area contributed by atoms with E-state index in [0.717, 1.165) is 29.8 Å². The topological polar surface area (TPSA) is 49.8 Å². The predicted molar refractivity (Wildman–Crippen MR) is 100 cm³/mol. The Hall–Kier alpha value is -1.98. The Kier molecular flexibility index (Phi) is 5.66. The Labute approximate surface area is 152 Å². The lowest BCUT2D eigenvalue weighted by Crippen LogP contribution is -2.39. The van der Waals surface area contributed by atoms with Crippen molar-refractivity contribution in [2.75, 3.05) is 19.9 Å². The van der Waals surface area contributed by atoms with Crippen molar-refractivity contribution in [3.63, 3.8) is 0 Å². The van der Waals surface area contributed by atoms with E-state index in [2.05, 4.69) is 29.2 Å². The summed E-state index contributed by atoms with van der Waals surface area (Å²) >= 11 is 1.70. The van der Waals surface area contributed by atoms with Crippen LogP contribution in [0.1, 0.15) is 30.0 Å². The molecule has 1 fully saturated rings. The predicted octanol–water partition coefficient (Wildman–Crippen LogP) is 4.06. The first-order valence-electron chi connectivity index (χ1n) is 8.41. The molecule has 0 bridgehead atoms. The van der Waals surface area contributed by atoms with Gasteiger partial charge < -0.3 is 9.84 Å². The number of para-hydroxylation sites is 1. The second-order valence-electron chi connectivity index (χ2n) is 6.15. The maximum absolute atomic E-state index is 11.8. The van der Waals surface area contributed by atoms with Gasteiger partial charge in [0, 0.05) is 17.0 Å². The van der Waals surface area contributed by atoms with Crippen molar-refractivity contribution in [3.05, 3.63) is 59.7 Å². The van der Waals surface area contributed by atoms with Gasteiger partial charge in [0.15, 0.2) is 0 Å². The molecule has 25 heavy (non-hydrogen) atoms. The summed E-state index contributed by atoms with van der Waals surface area (Å²) < 4.78 is 5.57. The number of hydrogen-bond donors (Lipinski definition) is 1. The lowest BCUT2D eigenvalue weighted by molar-refractivity contribution is -0.142. The quantitative estimate of drug-likeness (QED) is 0.790. The van der Waals surface area contributed by atoms with Gasteiger partial charge in [0.25, 0.3) is 0 Å². The number of likely N-dealkylation sites (tertiary alicyclic amines) is 1. The Morgan fingerprint density at radius 2 is 1.96 bits per heavy atom. The lowest BCUT2D eigenvalue weighted by Gasteiger charge is -2.32. The van der Waals surface area contributed by atoms with Crippen LogP contribution in [0, 0.1) is 0 Å². The van der Waals surface area contributed by atoms with E-state index >= 15 is 0 Å². The van der Waals surface area contributed by atoms with Crippen LogP contribution in [-0.4, -0.2) is 41.9 Å². The van der Waals surface area contributed by atoms with E-state index in [1.165, 1.54) is 4.90 Å². The van der Waals surface area contributed by atoms with E-state index in [-0.39, 0.29) is 6.04 Å². The molecule has 0 aliphatic carbocycles. The molecule has 2 aromatic carbocycles. The smallest absolute Gasteiger partial charge is 0.320 e. The van der Waals surface area contributed by atoms with E-state index in [1.54, 1.807) is 18.9 Å². The van der Waals surface area contributed by atoms with Gasteiger partial charge in [-0.25, -0.2) is 0 Å². The monoisotopic (exact) mass is 357 g/mol. The van der Waals surface area contributed by atoms with Crippen LogP contribution in [0.2, 0.25) is 0 Å². The minimum atomic E-state index is -0.752. The highest BCUT2D eigenvalue weighted by molar-refractivity contribution is 7.98. The molecule has 0 amide bonds. The van der Waals surface area contributed by atoms with Crippen molar-refractivity contribution in [2.45, 2.75) is 29.8 Å². The number of hydrogen-bond acceptors (Lipinski definition) is 4. The average molecular weight is 357 g/mol. The van der Waals surface area contributed by atoms with Gasteiger partial charge in [-0.2, -0.15) is 0 Å². The average Bonchev–Trinajstić information content (AvgIpc) is 3.12. The molecule has 2 atom stereocenters. The molecule has 0 saturated carbocycles. The van der Waals surface area contributed by atoms with Gasteiger partial charge in [-0.1, -0.05) is 30.3 Å². The maximum Gasteiger partial charge on any atom is 0.320 e. The van der Waals surface area contributed by atoms with Gasteiger partial charge in [-0.3, -0.25) is 9.69 Å². The van der Waals surface area contributed by atoms with E-state index in [9.17, 15) is 9.90 Å². The van der Waals surface area contributed by atoms with Crippen LogP contribution in [-0.2, 0) is 4.79 Å². The molecular formula is C20H23NO3S. The molecule has 1 heterocycles. The molecule has 0 radical (unpaired) electrons. The fourth-order valence-electron chi connectivity index (χ4n) is 3.59. The molecule has 132 valence electrons. The van der Waals surface area contributed by atoms with Gasteiger partial charge in [-0.05, 0) is 42.9 Å². The number of nitrogens with zero attached hydrogens (tertiary/aromatic N) is 1. The van der Waals surface area contributed by atoms with Crippen LogP contribution in [0.15, 0.2) is 53.4 Å². The maximum atomic E-state index is 11.8. The first-order chi connectivity index (χ1) is 12.2. The van der Waals surface area contributed by atoms with Gasteiger partial charge in [0.1, 0.15) is 11.8 Å². The van der Waals surface area contributed by atoms with Crippen molar-refractivity contribution in [1.29, 1.82) is 0 Å². The molecule has 2 aromatic rings. The second-order valence-corrected chi connectivity index (χ2v) is 7.03. The summed E-state index contributed by atoms with van der Waals surface area (Å²) in [6.45, 7) is 0.768. The Morgan fingerprint density at radius 1 is 1.24 bits per heavy atom. The number of ether oxygens (including phenoxy) is 1. The summed E-state index contributed by atoms with van der Waals surface area (Å²) in [5.41, 5.74) is 2.10. The summed E-state index contributed by atoms with van der Waals surface area (Å²) in [4.78, 5) is 15.0. The first-order valence-corrected chi connectivity index (χ1v) is 9.63. The normalized spacial score (nSPS) is 18.9. The molecule has 1 aliphatic heterocycles. The van der Waals surface area contributed by atoms with Crippen LogP contribution < -0.4 is 4.74 Å². The van der Waals surface area contributed by atoms with Crippen LogP contribution in [0.3, 0.4) is 0 Å². The molecule has 3 rings (SSSR count). The van der Waals surface area contributed by atoms with Crippen molar-refractivity contribution < 1.29 is 14.6 Å². The number of carbonyl (C=O) groups is 1. The van der Waals surface area contributed by atoms with E-state index in [1.807, 2.05) is 30.5 Å². The Balaban J connectivity index is 2.08. The SMILES string of the molecule is COc1ccccc1C(c1ccc(SC)cc1)N1CCCC1C(=O)O. The third-order valence-electron chi connectivity index (χ3n) is 4.78. The molecule has 4 nitrogen and oxygen atoms in total. The third-order valence-corrected chi connectivity index (χ3v) is 5.52. The number of carboxylic acid groups (broad SMARTS) is 1. The third kappa shape index (κ3) is 3.67. The first kappa shape index (κ1) is 17.8. The molecular weight excluding hydrogens is 334 g/mol. The summed E-state index contributed by atoms with van der Waals surface area (Å²) in [7, 11) is 1.66.